The quantitative estimate of drug-likeness (QED) is 0.604. The number of aromatic amines is 1. The van der Waals surface area contributed by atoms with Crippen LogP contribution in [0.5, 0.6) is 0 Å². The molecule has 0 atom stereocenters. The van der Waals surface area contributed by atoms with Crippen LogP contribution in [0.3, 0.4) is 0 Å². The number of nitrogens with one attached hydrogen (secondary N) is 1. The van der Waals surface area contributed by atoms with Crippen molar-refractivity contribution in [3.05, 3.63) is 74.1 Å². The number of nitrogens with zero attached hydrogens (tertiary/aromatic N) is 3. The standard InChI is InChI=1S/C25H28N4O4/c1-4-29-22-20(23(31)27-25(29)33)18(14-19(26-22)15(2)3)24(32)28-12-10-17(11-13-28)21(30)16-8-6-5-7-9-16/h5-9,14-15,17H,4,10-13H2,1-3H3,(H,27,31,33). The Morgan fingerprint density at radius 1 is 1.12 bits per heavy atom. The van der Waals surface area contributed by atoms with Gasteiger partial charge in [-0.1, -0.05) is 44.2 Å². The summed E-state index contributed by atoms with van der Waals surface area (Å²) >= 11 is 0. The molecule has 1 amide bonds. The van der Waals surface area contributed by atoms with E-state index < -0.39 is 11.2 Å². The molecule has 8 heteroatoms. The molecule has 3 heterocycles. The summed E-state index contributed by atoms with van der Waals surface area (Å²) < 4.78 is 1.38. The minimum atomic E-state index is -0.611. The predicted molar refractivity (Wildman–Crippen MR) is 126 cm³/mol. The number of aromatic nitrogens is 3. The first-order valence-corrected chi connectivity index (χ1v) is 11.4. The van der Waals surface area contributed by atoms with Crippen molar-refractivity contribution in [1.29, 1.82) is 0 Å². The van der Waals surface area contributed by atoms with Crippen LogP contribution >= 0.6 is 0 Å². The van der Waals surface area contributed by atoms with Crippen molar-refractivity contribution in [3.8, 4) is 0 Å². The van der Waals surface area contributed by atoms with E-state index in [9.17, 15) is 19.2 Å². The SMILES string of the molecule is CCn1c(=O)[nH]c(=O)c2c(C(=O)N3CCC(C(=O)c4ccccc4)CC3)cc(C(C)C)nc21. The molecule has 0 saturated carbocycles. The number of piperidine rings is 1. The summed E-state index contributed by atoms with van der Waals surface area (Å²) in [5.74, 6) is -0.301. The second kappa shape index (κ2) is 9.13. The van der Waals surface area contributed by atoms with Crippen molar-refractivity contribution >= 4 is 22.7 Å². The van der Waals surface area contributed by atoms with Gasteiger partial charge in [-0.2, -0.15) is 0 Å². The van der Waals surface area contributed by atoms with E-state index in [0.29, 0.717) is 43.7 Å². The number of Topliss-reactive ketones (excluding diaryl/α,β-unsaturated/α-hetero) is 1. The van der Waals surface area contributed by atoms with Crippen LogP contribution in [0.2, 0.25) is 0 Å². The fraction of sp³-hybridized carbons (Fsp3) is 0.400. The maximum atomic E-state index is 13.5. The number of carbonyl (C=O) groups is 2. The highest BCUT2D eigenvalue weighted by atomic mass is 16.2. The van der Waals surface area contributed by atoms with Gasteiger partial charge in [0.25, 0.3) is 11.5 Å². The summed E-state index contributed by atoms with van der Waals surface area (Å²) in [5, 5.41) is 0.133. The molecule has 33 heavy (non-hydrogen) atoms. The Bertz CT molecular complexity index is 1320. The molecule has 1 fully saturated rings. The average Bonchev–Trinajstić information content (AvgIpc) is 2.83. The first-order chi connectivity index (χ1) is 15.8. The summed E-state index contributed by atoms with van der Waals surface area (Å²) in [5.41, 5.74) is 0.664. The van der Waals surface area contributed by atoms with Crippen LogP contribution < -0.4 is 11.2 Å². The summed E-state index contributed by atoms with van der Waals surface area (Å²) in [4.78, 5) is 59.9. The summed E-state index contributed by atoms with van der Waals surface area (Å²) in [7, 11) is 0. The minimum absolute atomic E-state index is 0.00914. The maximum Gasteiger partial charge on any atom is 0.329 e. The third-order valence-electron chi connectivity index (χ3n) is 6.32. The smallest absolute Gasteiger partial charge is 0.329 e. The fourth-order valence-electron chi connectivity index (χ4n) is 4.40. The molecule has 1 saturated heterocycles. The number of hydrogen-bond acceptors (Lipinski definition) is 5. The molecule has 4 rings (SSSR count). The molecule has 0 bridgehead atoms. The monoisotopic (exact) mass is 448 g/mol. The first kappa shape index (κ1) is 22.6. The second-order valence-corrected chi connectivity index (χ2v) is 8.75. The van der Waals surface area contributed by atoms with Crippen LogP contribution in [0.4, 0.5) is 0 Å². The van der Waals surface area contributed by atoms with Crippen LogP contribution in [-0.2, 0) is 6.54 Å². The Hall–Kier alpha value is -3.55. The molecule has 1 aliphatic rings. The van der Waals surface area contributed by atoms with Crippen molar-refractivity contribution in [2.45, 2.75) is 46.1 Å². The van der Waals surface area contributed by atoms with E-state index in [1.165, 1.54) is 4.57 Å². The topological polar surface area (TPSA) is 105 Å². The van der Waals surface area contributed by atoms with E-state index in [4.69, 9.17) is 0 Å². The van der Waals surface area contributed by atoms with Crippen LogP contribution in [-0.4, -0.2) is 44.2 Å². The Balaban J connectivity index is 1.67. The second-order valence-electron chi connectivity index (χ2n) is 8.75. The van der Waals surface area contributed by atoms with Gasteiger partial charge in [-0.25, -0.2) is 9.78 Å². The number of amides is 1. The molecule has 1 aromatic carbocycles. The van der Waals surface area contributed by atoms with Gasteiger partial charge in [-0.3, -0.25) is 23.9 Å². The van der Waals surface area contributed by atoms with Gasteiger partial charge in [0.05, 0.1) is 10.9 Å². The molecule has 1 aliphatic heterocycles. The highest BCUT2D eigenvalue weighted by molar-refractivity contribution is 6.05. The Morgan fingerprint density at radius 2 is 1.79 bits per heavy atom. The Labute approximate surface area is 191 Å². The lowest BCUT2D eigenvalue weighted by Gasteiger charge is -2.31. The number of likely N-dealkylation sites (tertiary alicyclic amines) is 1. The predicted octanol–water partition coefficient (Wildman–Crippen LogP) is 2.96. The van der Waals surface area contributed by atoms with Gasteiger partial charge < -0.3 is 4.90 Å². The van der Waals surface area contributed by atoms with Gasteiger partial charge in [-0.15, -0.1) is 0 Å². The molecule has 8 nitrogen and oxygen atoms in total. The van der Waals surface area contributed by atoms with Crippen LogP contribution in [0.25, 0.3) is 11.0 Å². The summed E-state index contributed by atoms with van der Waals surface area (Å²) in [6.45, 7) is 6.86. The van der Waals surface area contributed by atoms with E-state index in [1.807, 2.05) is 44.2 Å². The lowest BCUT2D eigenvalue weighted by atomic mass is 9.88. The van der Waals surface area contributed by atoms with E-state index in [-0.39, 0.29) is 40.1 Å². The largest absolute Gasteiger partial charge is 0.339 e. The number of rotatable bonds is 5. The van der Waals surface area contributed by atoms with Gasteiger partial charge in [0.15, 0.2) is 11.4 Å². The molecular weight excluding hydrogens is 420 g/mol. The van der Waals surface area contributed by atoms with Gasteiger partial charge in [-0.05, 0) is 31.7 Å². The lowest BCUT2D eigenvalue weighted by molar-refractivity contribution is 0.0651. The van der Waals surface area contributed by atoms with Crippen molar-refractivity contribution in [2.75, 3.05) is 13.1 Å². The van der Waals surface area contributed by atoms with E-state index in [0.717, 1.165) is 0 Å². The molecule has 1 N–H and O–H groups in total. The molecule has 0 spiro atoms. The van der Waals surface area contributed by atoms with Crippen molar-refractivity contribution in [2.24, 2.45) is 5.92 Å². The van der Waals surface area contributed by atoms with Crippen LogP contribution in [0, 0.1) is 5.92 Å². The molecule has 0 unspecified atom stereocenters. The maximum absolute atomic E-state index is 13.5. The highest BCUT2D eigenvalue weighted by Crippen LogP contribution is 2.25. The number of carbonyl (C=O) groups excluding carboxylic acids is 2. The fourth-order valence-corrected chi connectivity index (χ4v) is 4.40. The number of fused-ring (bicyclic) bond motifs is 1. The lowest BCUT2D eigenvalue weighted by Crippen LogP contribution is -2.41. The van der Waals surface area contributed by atoms with Crippen LogP contribution in [0.15, 0.2) is 46.0 Å². The number of aryl methyl sites for hydroxylation is 1. The van der Waals surface area contributed by atoms with Gasteiger partial charge in [0.2, 0.25) is 0 Å². The Kier molecular flexibility index (Phi) is 6.26. The molecule has 0 radical (unpaired) electrons. The molecule has 3 aromatic rings. The van der Waals surface area contributed by atoms with E-state index >= 15 is 0 Å². The number of hydrogen-bond donors (Lipinski definition) is 1. The van der Waals surface area contributed by atoms with Gasteiger partial charge >= 0.3 is 5.69 Å². The third kappa shape index (κ3) is 4.25. The number of pyridine rings is 1. The summed E-state index contributed by atoms with van der Waals surface area (Å²) in [6.07, 6.45) is 1.13. The Morgan fingerprint density at radius 3 is 2.39 bits per heavy atom. The number of ketones is 1. The zero-order valence-corrected chi connectivity index (χ0v) is 19.1. The first-order valence-electron chi connectivity index (χ1n) is 11.4. The van der Waals surface area contributed by atoms with Crippen molar-refractivity contribution in [1.82, 2.24) is 19.4 Å². The number of H-pyrrole nitrogens is 1. The zero-order valence-electron chi connectivity index (χ0n) is 19.1. The normalized spacial score (nSPS) is 14.7. The van der Waals surface area contributed by atoms with E-state index in [1.54, 1.807) is 17.9 Å². The van der Waals surface area contributed by atoms with Crippen molar-refractivity contribution in [3.63, 3.8) is 0 Å². The van der Waals surface area contributed by atoms with Gasteiger partial charge in [0, 0.05) is 36.8 Å². The number of benzene rings is 1. The molecule has 0 aliphatic carbocycles. The molecule has 172 valence electrons. The minimum Gasteiger partial charge on any atom is -0.339 e. The highest BCUT2D eigenvalue weighted by Gasteiger charge is 2.30. The molecular formula is C25H28N4O4. The molecule has 2 aromatic heterocycles. The third-order valence-corrected chi connectivity index (χ3v) is 6.32. The summed E-state index contributed by atoms with van der Waals surface area (Å²) in [6, 6.07) is 10.9. The average molecular weight is 449 g/mol. The van der Waals surface area contributed by atoms with E-state index in [2.05, 4.69) is 9.97 Å². The van der Waals surface area contributed by atoms with Crippen LogP contribution in [0.1, 0.15) is 65.9 Å². The van der Waals surface area contributed by atoms with Gasteiger partial charge in [0.1, 0.15) is 0 Å². The zero-order chi connectivity index (χ0) is 23.7. The van der Waals surface area contributed by atoms with Crippen molar-refractivity contribution < 1.29 is 9.59 Å².